The molecule has 114 valence electrons. The Balaban J connectivity index is 2.43. The standard InChI is InChI=1S/C14H20F3NO2/c15-14(16,17)11-13(12-5-2-1-3-6-12)18-7-4-9-20-10-8-19/h1-3,5-6,13,18-19H,4,7-11H2. The van der Waals surface area contributed by atoms with Gasteiger partial charge in [-0.2, -0.15) is 13.2 Å². The quantitative estimate of drug-likeness (QED) is 0.687. The van der Waals surface area contributed by atoms with E-state index in [4.69, 9.17) is 9.84 Å². The molecule has 0 amide bonds. The average Bonchev–Trinajstić information content (AvgIpc) is 2.41. The summed E-state index contributed by atoms with van der Waals surface area (Å²) in [6.45, 7) is 1.06. The van der Waals surface area contributed by atoms with Crippen molar-refractivity contribution >= 4 is 0 Å². The van der Waals surface area contributed by atoms with E-state index in [1.165, 1.54) is 0 Å². The van der Waals surface area contributed by atoms with Gasteiger partial charge < -0.3 is 15.2 Å². The minimum Gasteiger partial charge on any atom is -0.394 e. The van der Waals surface area contributed by atoms with Gasteiger partial charge in [-0.15, -0.1) is 0 Å². The smallest absolute Gasteiger partial charge is 0.390 e. The van der Waals surface area contributed by atoms with E-state index in [1.807, 2.05) is 0 Å². The summed E-state index contributed by atoms with van der Waals surface area (Å²) in [6, 6.07) is 7.86. The molecule has 0 saturated heterocycles. The number of hydrogen-bond acceptors (Lipinski definition) is 3. The zero-order valence-corrected chi connectivity index (χ0v) is 11.2. The van der Waals surface area contributed by atoms with Crippen molar-refractivity contribution in [2.24, 2.45) is 0 Å². The minimum absolute atomic E-state index is 0.0475. The first-order chi connectivity index (χ1) is 9.53. The Labute approximate surface area is 116 Å². The largest absolute Gasteiger partial charge is 0.394 e. The SMILES string of the molecule is OCCOCCCNC(CC(F)(F)F)c1ccccc1. The molecule has 0 bridgehead atoms. The lowest BCUT2D eigenvalue weighted by Crippen LogP contribution is -2.28. The molecule has 1 aromatic carbocycles. The molecule has 0 radical (unpaired) electrons. The van der Waals surface area contributed by atoms with Crippen molar-refractivity contribution in [1.29, 1.82) is 0 Å². The Morgan fingerprint density at radius 3 is 2.45 bits per heavy atom. The maximum Gasteiger partial charge on any atom is 0.390 e. The van der Waals surface area contributed by atoms with Gasteiger partial charge in [-0.05, 0) is 18.5 Å². The van der Waals surface area contributed by atoms with Gasteiger partial charge in [0.1, 0.15) is 0 Å². The lowest BCUT2D eigenvalue weighted by molar-refractivity contribution is -0.140. The number of alkyl halides is 3. The van der Waals surface area contributed by atoms with Crippen LogP contribution in [-0.2, 0) is 4.74 Å². The Hall–Kier alpha value is -1.11. The molecule has 2 N–H and O–H groups in total. The average molecular weight is 291 g/mol. The highest BCUT2D eigenvalue weighted by Gasteiger charge is 2.32. The normalized spacial score (nSPS) is 13.4. The molecule has 0 fully saturated rings. The van der Waals surface area contributed by atoms with Crippen LogP contribution in [0.2, 0.25) is 0 Å². The van der Waals surface area contributed by atoms with Crippen molar-refractivity contribution in [3.63, 3.8) is 0 Å². The number of nitrogens with one attached hydrogen (secondary N) is 1. The first kappa shape index (κ1) is 16.9. The molecule has 1 atom stereocenters. The van der Waals surface area contributed by atoms with Crippen LogP contribution >= 0.6 is 0 Å². The highest BCUT2D eigenvalue weighted by atomic mass is 19.4. The van der Waals surface area contributed by atoms with E-state index in [0.717, 1.165) is 0 Å². The van der Waals surface area contributed by atoms with Gasteiger partial charge >= 0.3 is 6.18 Å². The lowest BCUT2D eigenvalue weighted by atomic mass is 10.0. The third-order valence-electron chi connectivity index (χ3n) is 2.73. The monoisotopic (exact) mass is 291 g/mol. The summed E-state index contributed by atoms with van der Waals surface area (Å²) in [7, 11) is 0. The lowest BCUT2D eigenvalue weighted by Gasteiger charge is -2.20. The molecule has 3 nitrogen and oxygen atoms in total. The molecule has 0 spiro atoms. The van der Waals surface area contributed by atoms with Gasteiger partial charge in [-0.3, -0.25) is 0 Å². The summed E-state index contributed by atoms with van der Waals surface area (Å²) in [4.78, 5) is 0. The number of halogens is 3. The molecular formula is C14H20F3NO2. The summed E-state index contributed by atoms with van der Waals surface area (Å²) >= 11 is 0. The van der Waals surface area contributed by atoms with Gasteiger partial charge in [0, 0.05) is 12.6 Å². The van der Waals surface area contributed by atoms with Crippen molar-refractivity contribution < 1.29 is 23.0 Å². The third kappa shape index (κ3) is 7.47. The van der Waals surface area contributed by atoms with Crippen LogP contribution in [0.15, 0.2) is 30.3 Å². The Morgan fingerprint density at radius 2 is 1.85 bits per heavy atom. The van der Waals surface area contributed by atoms with Crippen LogP contribution in [0.3, 0.4) is 0 Å². The molecule has 0 saturated carbocycles. The fourth-order valence-electron chi connectivity index (χ4n) is 1.84. The van der Waals surface area contributed by atoms with E-state index in [1.54, 1.807) is 30.3 Å². The first-order valence-electron chi connectivity index (χ1n) is 6.56. The minimum atomic E-state index is -4.21. The topological polar surface area (TPSA) is 41.5 Å². The molecule has 0 aliphatic rings. The molecule has 20 heavy (non-hydrogen) atoms. The summed E-state index contributed by atoms with van der Waals surface area (Å²) < 4.78 is 42.8. The maximum absolute atomic E-state index is 12.6. The number of hydrogen-bond donors (Lipinski definition) is 2. The van der Waals surface area contributed by atoms with Gasteiger partial charge in [0.15, 0.2) is 0 Å². The van der Waals surface area contributed by atoms with Crippen molar-refractivity contribution in [2.75, 3.05) is 26.4 Å². The van der Waals surface area contributed by atoms with Gasteiger partial charge in [0.05, 0.1) is 19.6 Å². The third-order valence-corrected chi connectivity index (χ3v) is 2.73. The number of rotatable bonds is 9. The number of ether oxygens (including phenoxy) is 1. The van der Waals surface area contributed by atoms with Crippen LogP contribution in [-0.4, -0.2) is 37.6 Å². The van der Waals surface area contributed by atoms with Crippen LogP contribution in [0.5, 0.6) is 0 Å². The second-order valence-electron chi connectivity index (χ2n) is 4.43. The molecular weight excluding hydrogens is 271 g/mol. The Bertz CT molecular complexity index is 357. The fourth-order valence-corrected chi connectivity index (χ4v) is 1.84. The number of benzene rings is 1. The van der Waals surface area contributed by atoms with E-state index in [2.05, 4.69) is 5.32 Å². The van der Waals surface area contributed by atoms with E-state index < -0.39 is 18.6 Å². The van der Waals surface area contributed by atoms with Crippen molar-refractivity contribution in [2.45, 2.75) is 25.1 Å². The van der Waals surface area contributed by atoms with Gasteiger partial charge in [-0.25, -0.2) is 0 Å². The molecule has 1 unspecified atom stereocenters. The first-order valence-corrected chi connectivity index (χ1v) is 6.56. The highest BCUT2D eigenvalue weighted by molar-refractivity contribution is 5.19. The zero-order chi connectivity index (χ0) is 14.8. The predicted octanol–water partition coefficient (Wildman–Crippen LogP) is 2.67. The molecule has 0 aromatic heterocycles. The van der Waals surface area contributed by atoms with Crippen LogP contribution in [0.25, 0.3) is 0 Å². The molecule has 1 aromatic rings. The molecule has 1 rings (SSSR count). The van der Waals surface area contributed by atoms with E-state index in [9.17, 15) is 13.2 Å². The molecule has 0 heterocycles. The van der Waals surface area contributed by atoms with Crippen LogP contribution in [0.4, 0.5) is 13.2 Å². The highest BCUT2D eigenvalue weighted by Crippen LogP contribution is 2.29. The fraction of sp³-hybridized carbons (Fsp3) is 0.571. The van der Waals surface area contributed by atoms with E-state index in [0.29, 0.717) is 25.1 Å². The summed E-state index contributed by atoms with van der Waals surface area (Å²) in [6.07, 6.45) is -4.50. The van der Waals surface area contributed by atoms with Crippen molar-refractivity contribution in [1.82, 2.24) is 5.32 Å². The molecule has 6 heteroatoms. The number of aliphatic hydroxyl groups is 1. The molecule has 0 aliphatic heterocycles. The Kier molecular flexibility index (Phi) is 7.58. The van der Waals surface area contributed by atoms with Crippen molar-refractivity contribution in [3.05, 3.63) is 35.9 Å². The van der Waals surface area contributed by atoms with Crippen molar-refractivity contribution in [3.8, 4) is 0 Å². The van der Waals surface area contributed by atoms with Crippen LogP contribution < -0.4 is 5.32 Å². The molecule has 0 aliphatic carbocycles. The summed E-state index contributed by atoms with van der Waals surface area (Å²) in [5.41, 5.74) is 0.626. The van der Waals surface area contributed by atoms with E-state index >= 15 is 0 Å². The van der Waals surface area contributed by atoms with Crippen LogP contribution in [0.1, 0.15) is 24.4 Å². The van der Waals surface area contributed by atoms with E-state index in [-0.39, 0.29) is 13.2 Å². The second-order valence-corrected chi connectivity index (χ2v) is 4.43. The van der Waals surface area contributed by atoms with Gasteiger partial charge in [0.25, 0.3) is 0 Å². The van der Waals surface area contributed by atoms with Gasteiger partial charge in [-0.1, -0.05) is 30.3 Å². The maximum atomic E-state index is 12.6. The zero-order valence-electron chi connectivity index (χ0n) is 11.2. The Morgan fingerprint density at radius 1 is 1.15 bits per heavy atom. The van der Waals surface area contributed by atoms with Crippen LogP contribution in [0, 0.1) is 0 Å². The number of aliphatic hydroxyl groups excluding tert-OH is 1. The summed E-state index contributed by atoms with van der Waals surface area (Å²) in [5.74, 6) is 0. The predicted molar refractivity (Wildman–Crippen MR) is 70.4 cm³/mol. The second kappa shape index (κ2) is 8.94. The van der Waals surface area contributed by atoms with Gasteiger partial charge in [0.2, 0.25) is 0 Å². The summed E-state index contributed by atoms with van der Waals surface area (Å²) in [5, 5.41) is 11.4.